The van der Waals surface area contributed by atoms with Crippen LogP contribution in [0.1, 0.15) is 0 Å². The van der Waals surface area contributed by atoms with Gasteiger partial charge < -0.3 is 0 Å². The first-order valence-electron chi connectivity index (χ1n) is 9.87. The summed E-state index contributed by atoms with van der Waals surface area (Å²) >= 11 is 0. The van der Waals surface area contributed by atoms with E-state index in [1.54, 1.807) is 24.3 Å². The Balaban J connectivity index is 1.68. The fraction of sp³-hybridized carbons (Fsp3) is 0.0769. The van der Waals surface area contributed by atoms with Crippen LogP contribution in [0.4, 0.5) is 8.78 Å². The van der Waals surface area contributed by atoms with E-state index in [-0.39, 0.29) is 11.6 Å². The monoisotopic (exact) mass is 434 g/mol. The summed E-state index contributed by atoms with van der Waals surface area (Å²) in [6.07, 6.45) is 1.83. The van der Waals surface area contributed by atoms with E-state index in [0.717, 1.165) is 22.9 Å². The Kier molecular flexibility index (Phi) is 7.00. The minimum absolute atomic E-state index is 0.246. The molecule has 4 heteroatoms. The van der Waals surface area contributed by atoms with Gasteiger partial charge in [0.05, 0.1) is 0 Å². The van der Waals surface area contributed by atoms with Crippen molar-refractivity contribution < 1.29 is 8.78 Å². The van der Waals surface area contributed by atoms with Crippen molar-refractivity contribution in [1.29, 1.82) is 0 Å². The van der Waals surface area contributed by atoms with E-state index in [0.29, 0.717) is 0 Å². The average molecular weight is 434 g/mol. The van der Waals surface area contributed by atoms with Crippen LogP contribution in [0.5, 0.6) is 0 Å². The van der Waals surface area contributed by atoms with Gasteiger partial charge in [-0.1, -0.05) is 84.9 Å². The summed E-state index contributed by atoms with van der Waals surface area (Å²) in [6.45, 7) is 0. The third-order valence-electron chi connectivity index (χ3n) is 4.92. The van der Waals surface area contributed by atoms with E-state index in [1.165, 1.54) is 22.7 Å². The number of rotatable bonds is 7. The molecule has 4 aromatic rings. The quantitative estimate of drug-likeness (QED) is 0.336. The van der Waals surface area contributed by atoms with Crippen LogP contribution in [0.15, 0.2) is 109 Å². The third kappa shape index (κ3) is 5.20. The number of hydrogen-bond donors (Lipinski definition) is 0. The highest BCUT2D eigenvalue weighted by molar-refractivity contribution is 7.76. The minimum Gasteiger partial charge on any atom is -0.207 e. The normalized spacial score (nSPS) is 11.2. The average Bonchev–Trinajstić information content (AvgIpc) is 2.78. The van der Waals surface area contributed by atoms with Crippen molar-refractivity contribution in [3.8, 4) is 0 Å². The zero-order chi connectivity index (χ0) is 20.8. The lowest BCUT2D eigenvalue weighted by Gasteiger charge is -2.24. The second-order valence-corrected chi connectivity index (χ2v) is 11.6. The van der Waals surface area contributed by atoms with Crippen molar-refractivity contribution in [3.63, 3.8) is 0 Å². The van der Waals surface area contributed by atoms with Crippen LogP contribution in [0.25, 0.3) is 0 Å². The molecule has 0 saturated heterocycles. The van der Waals surface area contributed by atoms with Crippen LogP contribution in [0, 0.1) is 11.6 Å². The van der Waals surface area contributed by atoms with Crippen molar-refractivity contribution in [2.75, 3.05) is 12.3 Å². The van der Waals surface area contributed by atoms with E-state index < -0.39 is 15.8 Å². The highest BCUT2D eigenvalue weighted by Gasteiger charge is 2.20. The highest BCUT2D eigenvalue weighted by atomic mass is 31.1. The second kappa shape index (κ2) is 10.1. The van der Waals surface area contributed by atoms with Gasteiger partial charge in [0.25, 0.3) is 0 Å². The van der Waals surface area contributed by atoms with Crippen LogP contribution in [-0.2, 0) is 0 Å². The minimum atomic E-state index is -0.860. The van der Waals surface area contributed by atoms with E-state index >= 15 is 0 Å². The molecule has 0 radical (unpaired) electrons. The first-order chi connectivity index (χ1) is 14.7. The molecule has 4 rings (SSSR count). The molecule has 0 atom stereocenters. The fourth-order valence-corrected chi connectivity index (χ4v) is 8.90. The predicted molar refractivity (Wildman–Crippen MR) is 128 cm³/mol. The molecule has 0 aliphatic heterocycles. The van der Waals surface area contributed by atoms with E-state index in [2.05, 4.69) is 48.5 Å². The predicted octanol–water partition coefficient (Wildman–Crippen LogP) is 5.53. The molecular formula is C26H22F2P2. The van der Waals surface area contributed by atoms with Crippen LogP contribution in [0.2, 0.25) is 0 Å². The van der Waals surface area contributed by atoms with Crippen molar-refractivity contribution in [2.24, 2.45) is 0 Å². The van der Waals surface area contributed by atoms with Gasteiger partial charge in [-0.15, -0.1) is 0 Å². The summed E-state index contributed by atoms with van der Waals surface area (Å²) in [5.74, 6) is -0.491. The molecule has 0 bridgehead atoms. The standard InChI is InChI=1S/C26H22F2P2/c27-21-9-7-15-25(19-21)30(26-16-8-10-22(28)20-26)18-17-29(23-11-3-1-4-12-23)24-13-5-2-6-14-24/h1-16,19-20H,17-18H2. The largest absolute Gasteiger partial charge is 0.207 e. The van der Waals surface area contributed by atoms with Gasteiger partial charge in [0, 0.05) is 0 Å². The molecule has 0 aliphatic rings. The van der Waals surface area contributed by atoms with Crippen molar-refractivity contribution in [1.82, 2.24) is 0 Å². The zero-order valence-corrected chi connectivity index (χ0v) is 18.2. The van der Waals surface area contributed by atoms with Gasteiger partial charge in [0.15, 0.2) is 0 Å². The Morgan fingerprint density at radius 2 is 0.800 bits per heavy atom. The van der Waals surface area contributed by atoms with Crippen LogP contribution >= 0.6 is 15.8 Å². The first-order valence-corrected chi connectivity index (χ1v) is 12.9. The van der Waals surface area contributed by atoms with Gasteiger partial charge in [-0.05, 0) is 73.7 Å². The maximum atomic E-state index is 14.0. The Labute approximate surface area is 179 Å². The number of halogens is 2. The molecule has 0 unspecified atom stereocenters. The Bertz CT molecular complexity index is 999. The van der Waals surface area contributed by atoms with E-state index in [1.807, 2.05) is 24.3 Å². The maximum Gasteiger partial charge on any atom is 0.123 e. The summed E-state index contributed by atoms with van der Waals surface area (Å²) in [7, 11) is -1.41. The zero-order valence-electron chi connectivity index (χ0n) is 16.5. The van der Waals surface area contributed by atoms with Crippen LogP contribution < -0.4 is 21.2 Å². The molecule has 0 fully saturated rings. The van der Waals surface area contributed by atoms with Gasteiger partial charge in [-0.3, -0.25) is 0 Å². The first kappa shape index (κ1) is 20.9. The lowest BCUT2D eigenvalue weighted by Crippen LogP contribution is -2.20. The Hall–Kier alpha value is -2.40. The molecule has 4 aromatic carbocycles. The fourth-order valence-electron chi connectivity index (χ4n) is 3.52. The van der Waals surface area contributed by atoms with Gasteiger partial charge in [-0.2, -0.15) is 0 Å². The van der Waals surface area contributed by atoms with Gasteiger partial charge in [-0.25, -0.2) is 8.78 Å². The highest BCUT2D eigenvalue weighted by Crippen LogP contribution is 2.41. The molecule has 30 heavy (non-hydrogen) atoms. The molecule has 0 N–H and O–H groups in total. The summed E-state index contributed by atoms with van der Waals surface area (Å²) in [6, 6.07) is 34.7. The molecule has 0 spiro atoms. The van der Waals surface area contributed by atoms with Crippen molar-refractivity contribution in [3.05, 3.63) is 121 Å². The molecule has 0 aliphatic carbocycles. The van der Waals surface area contributed by atoms with Crippen molar-refractivity contribution in [2.45, 2.75) is 0 Å². The molecule has 0 saturated carbocycles. The third-order valence-corrected chi connectivity index (χ3v) is 10.3. The molecule has 0 heterocycles. The SMILES string of the molecule is Fc1cccc(P(CCP(c2ccccc2)c2ccccc2)c2cccc(F)c2)c1. The maximum absolute atomic E-state index is 14.0. The van der Waals surface area contributed by atoms with E-state index in [9.17, 15) is 8.78 Å². The lowest BCUT2D eigenvalue weighted by molar-refractivity contribution is 0.629. The lowest BCUT2D eigenvalue weighted by atomic mass is 10.3. The molecule has 0 nitrogen and oxygen atoms in total. The molecular weight excluding hydrogens is 412 g/mol. The van der Waals surface area contributed by atoms with Gasteiger partial charge in [0.2, 0.25) is 0 Å². The topological polar surface area (TPSA) is 0 Å². The molecule has 0 aromatic heterocycles. The smallest absolute Gasteiger partial charge is 0.123 e. The Morgan fingerprint density at radius 3 is 1.20 bits per heavy atom. The summed E-state index contributed by atoms with van der Waals surface area (Å²) in [4.78, 5) is 0. The van der Waals surface area contributed by atoms with Gasteiger partial charge in [0.1, 0.15) is 11.6 Å². The van der Waals surface area contributed by atoms with E-state index in [4.69, 9.17) is 0 Å². The summed E-state index contributed by atoms with van der Waals surface area (Å²) in [5.41, 5.74) is 0. The summed E-state index contributed by atoms with van der Waals surface area (Å²) < 4.78 is 28.0. The summed E-state index contributed by atoms with van der Waals surface area (Å²) in [5, 5.41) is 4.55. The number of hydrogen-bond acceptors (Lipinski definition) is 0. The molecule has 150 valence electrons. The molecule has 0 amide bonds. The van der Waals surface area contributed by atoms with Crippen molar-refractivity contribution >= 4 is 37.1 Å². The Morgan fingerprint density at radius 1 is 0.433 bits per heavy atom. The number of benzene rings is 4. The van der Waals surface area contributed by atoms with Crippen LogP contribution in [-0.4, -0.2) is 12.3 Å². The van der Waals surface area contributed by atoms with Gasteiger partial charge >= 0.3 is 0 Å². The van der Waals surface area contributed by atoms with Crippen LogP contribution in [0.3, 0.4) is 0 Å². The second-order valence-electron chi connectivity index (χ2n) is 6.93.